The highest BCUT2D eigenvalue weighted by Crippen LogP contribution is 2.41. The minimum Gasteiger partial charge on any atom is -0.338 e. The number of anilines is 2. The molecule has 0 aliphatic rings. The molecule has 0 aliphatic heterocycles. The summed E-state index contributed by atoms with van der Waals surface area (Å²) in [5, 5.41) is 5.60. The highest BCUT2D eigenvalue weighted by atomic mass is 35.5. The van der Waals surface area contributed by atoms with Crippen molar-refractivity contribution in [3.63, 3.8) is 0 Å². The van der Waals surface area contributed by atoms with Crippen LogP contribution in [0, 0.1) is 0 Å². The van der Waals surface area contributed by atoms with Crippen molar-refractivity contribution < 1.29 is 4.79 Å². The molecule has 4 aromatic carbocycles. The number of hydrogen-bond donors (Lipinski definition) is 1. The lowest BCUT2D eigenvalue weighted by molar-refractivity contribution is 0.103. The first kappa shape index (κ1) is 22.4. The summed E-state index contributed by atoms with van der Waals surface area (Å²) < 4.78 is 0. The lowest BCUT2D eigenvalue weighted by Crippen LogP contribution is -2.07. The van der Waals surface area contributed by atoms with Crippen LogP contribution in [0.15, 0.2) is 97.1 Å². The van der Waals surface area contributed by atoms with E-state index < -0.39 is 0 Å². The number of pyridine rings is 1. The monoisotopic (exact) mass is 502 g/mol. The number of hydrogen-bond acceptors (Lipinski definition) is 3. The van der Waals surface area contributed by atoms with E-state index in [1.54, 1.807) is 36.4 Å². The maximum absolute atomic E-state index is 13.3. The van der Waals surface area contributed by atoms with Gasteiger partial charge in [-0.1, -0.05) is 95.5 Å². The summed E-state index contributed by atoms with van der Waals surface area (Å²) >= 11 is 19.5. The first-order valence-electron chi connectivity index (χ1n) is 10.5. The van der Waals surface area contributed by atoms with E-state index in [4.69, 9.17) is 39.8 Å². The van der Waals surface area contributed by atoms with Gasteiger partial charge in [0.05, 0.1) is 16.2 Å². The molecule has 34 heavy (non-hydrogen) atoms. The molecule has 0 amide bonds. The molecule has 3 nitrogen and oxygen atoms in total. The number of nitrogens with zero attached hydrogens (tertiary/aromatic N) is 1. The van der Waals surface area contributed by atoms with E-state index in [1.807, 2.05) is 60.7 Å². The van der Waals surface area contributed by atoms with Gasteiger partial charge < -0.3 is 5.32 Å². The van der Waals surface area contributed by atoms with Gasteiger partial charge in [0.1, 0.15) is 0 Å². The summed E-state index contributed by atoms with van der Waals surface area (Å²) in [4.78, 5) is 18.0. The van der Waals surface area contributed by atoms with Crippen LogP contribution < -0.4 is 5.32 Å². The zero-order valence-electron chi connectivity index (χ0n) is 17.7. The van der Waals surface area contributed by atoms with E-state index in [0.717, 1.165) is 22.0 Å². The van der Waals surface area contributed by atoms with Gasteiger partial charge in [-0.2, -0.15) is 0 Å². The van der Waals surface area contributed by atoms with Crippen molar-refractivity contribution in [3.8, 4) is 11.1 Å². The Balaban J connectivity index is 1.67. The third-order valence-corrected chi connectivity index (χ3v) is 6.30. The van der Waals surface area contributed by atoms with Crippen molar-refractivity contribution in [2.24, 2.45) is 0 Å². The maximum atomic E-state index is 13.3. The Hall–Kier alpha value is -3.37. The SMILES string of the molecule is O=C(c1ccccc1)c1cc(Cl)ccc1Nc1nc2ccc(Cl)cc2c(-c2ccccc2)c1Cl. The second-order valence-electron chi connectivity index (χ2n) is 7.69. The summed E-state index contributed by atoms with van der Waals surface area (Å²) in [6.45, 7) is 0. The van der Waals surface area contributed by atoms with E-state index in [-0.39, 0.29) is 5.78 Å². The number of nitrogens with one attached hydrogen (secondary N) is 1. The summed E-state index contributed by atoms with van der Waals surface area (Å²) in [7, 11) is 0. The van der Waals surface area contributed by atoms with Crippen molar-refractivity contribution in [1.29, 1.82) is 0 Å². The van der Waals surface area contributed by atoms with E-state index in [9.17, 15) is 4.79 Å². The molecule has 1 N–H and O–H groups in total. The molecule has 0 unspecified atom stereocenters. The predicted octanol–water partition coefficient (Wildman–Crippen LogP) is 8.84. The number of rotatable bonds is 5. The fourth-order valence-corrected chi connectivity index (χ4v) is 4.51. The average Bonchev–Trinajstić information content (AvgIpc) is 2.86. The molecule has 5 aromatic rings. The fourth-order valence-electron chi connectivity index (χ4n) is 3.87. The van der Waals surface area contributed by atoms with E-state index in [1.165, 1.54) is 0 Å². The number of carbonyl (C=O) groups is 1. The summed E-state index contributed by atoms with van der Waals surface area (Å²) in [6, 6.07) is 29.5. The van der Waals surface area contributed by atoms with Crippen LogP contribution in [0.2, 0.25) is 15.1 Å². The molecule has 166 valence electrons. The molecular weight excluding hydrogens is 487 g/mol. The Bertz CT molecular complexity index is 1520. The second kappa shape index (κ2) is 9.47. The standard InChI is InChI=1S/C28H17Cl3N2O/c29-19-11-13-23-21(15-19)25(17-7-3-1-4-8-17)26(31)28(32-23)33-24-14-12-20(30)16-22(24)27(34)18-9-5-2-6-10-18/h1-16H,(H,32,33). The van der Waals surface area contributed by atoms with Gasteiger partial charge in [-0.25, -0.2) is 4.98 Å². The molecule has 0 bridgehead atoms. The summed E-state index contributed by atoms with van der Waals surface area (Å²) in [6.07, 6.45) is 0. The smallest absolute Gasteiger partial charge is 0.195 e. The van der Waals surface area contributed by atoms with Gasteiger partial charge in [-0.15, -0.1) is 0 Å². The average molecular weight is 504 g/mol. The summed E-state index contributed by atoms with van der Waals surface area (Å²) in [5.41, 5.74) is 4.00. The third kappa shape index (κ3) is 4.38. The highest BCUT2D eigenvalue weighted by molar-refractivity contribution is 6.38. The van der Waals surface area contributed by atoms with Gasteiger partial charge in [0, 0.05) is 32.1 Å². The van der Waals surface area contributed by atoms with Gasteiger partial charge in [-0.3, -0.25) is 4.79 Å². The molecule has 6 heteroatoms. The largest absolute Gasteiger partial charge is 0.338 e. The molecule has 1 heterocycles. The van der Waals surface area contributed by atoms with E-state index in [0.29, 0.717) is 37.7 Å². The van der Waals surface area contributed by atoms with Crippen LogP contribution in [0.5, 0.6) is 0 Å². The molecular formula is C28H17Cl3N2O. The maximum Gasteiger partial charge on any atom is 0.195 e. The Morgan fingerprint density at radius 2 is 1.38 bits per heavy atom. The van der Waals surface area contributed by atoms with Crippen molar-refractivity contribution in [3.05, 3.63) is 123 Å². The van der Waals surface area contributed by atoms with Gasteiger partial charge in [0.25, 0.3) is 0 Å². The number of ketones is 1. The van der Waals surface area contributed by atoms with Crippen LogP contribution in [0.1, 0.15) is 15.9 Å². The molecule has 0 saturated heterocycles. The van der Waals surface area contributed by atoms with Gasteiger partial charge in [-0.05, 0) is 42.0 Å². The fraction of sp³-hybridized carbons (Fsp3) is 0. The number of benzene rings is 4. The van der Waals surface area contributed by atoms with Crippen LogP contribution in [-0.4, -0.2) is 10.8 Å². The molecule has 1 aromatic heterocycles. The van der Waals surface area contributed by atoms with Crippen LogP contribution in [0.4, 0.5) is 11.5 Å². The lowest BCUT2D eigenvalue weighted by Gasteiger charge is -2.17. The number of aromatic nitrogens is 1. The molecule has 0 fully saturated rings. The first-order chi connectivity index (χ1) is 16.5. The molecule has 5 rings (SSSR count). The van der Waals surface area contributed by atoms with Crippen LogP contribution >= 0.6 is 34.8 Å². The Morgan fingerprint density at radius 1 is 0.735 bits per heavy atom. The van der Waals surface area contributed by atoms with Gasteiger partial charge in [0.15, 0.2) is 11.6 Å². The van der Waals surface area contributed by atoms with Crippen molar-refractivity contribution >= 4 is 63.0 Å². The Morgan fingerprint density at radius 3 is 2.12 bits per heavy atom. The Kier molecular flexibility index (Phi) is 6.25. The minimum absolute atomic E-state index is 0.155. The number of fused-ring (bicyclic) bond motifs is 1. The quantitative estimate of drug-likeness (QED) is 0.244. The van der Waals surface area contributed by atoms with Crippen molar-refractivity contribution in [1.82, 2.24) is 4.98 Å². The molecule has 0 aliphatic carbocycles. The topological polar surface area (TPSA) is 42.0 Å². The van der Waals surface area contributed by atoms with Crippen molar-refractivity contribution in [2.45, 2.75) is 0 Å². The normalized spacial score (nSPS) is 10.9. The van der Waals surface area contributed by atoms with Gasteiger partial charge in [0.2, 0.25) is 0 Å². The Labute approximate surface area is 211 Å². The van der Waals surface area contributed by atoms with E-state index in [2.05, 4.69) is 5.32 Å². The van der Waals surface area contributed by atoms with E-state index >= 15 is 0 Å². The number of carbonyl (C=O) groups excluding carboxylic acids is 1. The van der Waals surface area contributed by atoms with Crippen LogP contribution in [0.3, 0.4) is 0 Å². The zero-order valence-corrected chi connectivity index (χ0v) is 20.0. The minimum atomic E-state index is -0.155. The third-order valence-electron chi connectivity index (χ3n) is 5.47. The van der Waals surface area contributed by atoms with Crippen molar-refractivity contribution in [2.75, 3.05) is 5.32 Å². The molecule has 0 atom stereocenters. The van der Waals surface area contributed by atoms with Gasteiger partial charge >= 0.3 is 0 Å². The zero-order chi connectivity index (χ0) is 23.7. The predicted molar refractivity (Wildman–Crippen MR) is 142 cm³/mol. The molecule has 0 radical (unpaired) electrons. The molecule has 0 spiro atoms. The first-order valence-corrected chi connectivity index (χ1v) is 11.6. The van der Waals surface area contributed by atoms with Crippen LogP contribution in [-0.2, 0) is 0 Å². The highest BCUT2D eigenvalue weighted by Gasteiger charge is 2.19. The second-order valence-corrected chi connectivity index (χ2v) is 8.94. The summed E-state index contributed by atoms with van der Waals surface area (Å²) in [5.74, 6) is 0.275. The molecule has 0 saturated carbocycles. The number of halogens is 3. The lowest BCUT2D eigenvalue weighted by atomic mass is 10.00. The van der Waals surface area contributed by atoms with Crippen LogP contribution in [0.25, 0.3) is 22.0 Å².